The number of carbonyl (C=O) groups is 1. The van der Waals surface area contributed by atoms with E-state index >= 15 is 0 Å². The molecule has 0 saturated carbocycles. The Kier molecular flexibility index (Phi) is 4.67. The third-order valence-electron chi connectivity index (χ3n) is 3.52. The Hall–Kier alpha value is -1.82. The zero-order valence-electron chi connectivity index (χ0n) is 11.5. The molecule has 0 saturated heterocycles. The van der Waals surface area contributed by atoms with Gasteiger partial charge in [-0.2, -0.15) is 13.2 Å². The van der Waals surface area contributed by atoms with E-state index in [0.717, 1.165) is 11.6 Å². The number of benzene rings is 1. The highest BCUT2D eigenvalue weighted by atomic mass is 19.4. The van der Waals surface area contributed by atoms with Crippen LogP contribution in [-0.2, 0) is 6.42 Å². The quantitative estimate of drug-likeness (QED) is 0.872. The van der Waals surface area contributed by atoms with Gasteiger partial charge in [0.05, 0.1) is 0 Å². The van der Waals surface area contributed by atoms with E-state index in [1.807, 2.05) is 12.1 Å². The van der Waals surface area contributed by atoms with Crippen LogP contribution in [-0.4, -0.2) is 36.6 Å². The van der Waals surface area contributed by atoms with Crippen LogP contribution in [0.2, 0.25) is 0 Å². The minimum absolute atomic E-state index is 0.00929. The molecule has 1 aliphatic rings. The number of carbonyl (C=O) groups excluding carboxylic acids is 1. The van der Waals surface area contributed by atoms with Crippen molar-refractivity contribution in [3.63, 3.8) is 0 Å². The smallest absolute Gasteiger partial charge is 0.335 e. The summed E-state index contributed by atoms with van der Waals surface area (Å²) in [4.78, 5) is 13.9. The molecule has 0 fully saturated rings. The van der Waals surface area contributed by atoms with E-state index in [2.05, 4.69) is 0 Å². The van der Waals surface area contributed by atoms with Gasteiger partial charge >= 0.3 is 6.18 Å². The lowest BCUT2D eigenvalue weighted by Crippen LogP contribution is -2.37. The van der Waals surface area contributed by atoms with Crippen molar-refractivity contribution >= 4 is 5.91 Å². The Labute approximate surface area is 121 Å². The van der Waals surface area contributed by atoms with Crippen molar-refractivity contribution in [3.8, 4) is 0 Å². The SMILES string of the molecule is NCCc1ccccc1C(=O)N1CC=C(C(F)(F)F)CC1. The minimum atomic E-state index is -4.30. The van der Waals surface area contributed by atoms with Crippen LogP contribution in [0.5, 0.6) is 0 Å². The lowest BCUT2D eigenvalue weighted by atomic mass is 10.0. The Morgan fingerprint density at radius 3 is 2.57 bits per heavy atom. The normalized spacial score (nSPS) is 15.8. The molecule has 1 aliphatic heterocycles. The van der Waals surface area contributed by atoms with Gasteiger partial charge in [0.1, 0.15) is 0 Å². The first kappa shape index (κ1) is 15.6. The van der Waals surface area contributed by atoms with Gasteiger partial charge < -0.3 is 10.6 Å². The summed E-state index contributed by atoms with van der Waals surface area (Å²) >= 11 is 0. The molecule has 0 unspecified atom stereocenters. The Morgan fingerprint density at radius 1 is 1.29 bits per heavy atom. The molecule has 2 rings (SSSR count). The molecule has 21 heavy (non-hydrogen) atoms. The van der Waals surface area contributed by atoms with Crippen molar-refractivity contribution in [1.29, 1.82) is 0 Å². The number of halogens is 3. The third-order valence-corrected chi connectivity index (χ3v) is 3.52. The van der Waals surface area contributed by atoms with Gasteiger partial charge in [0.2, 0.25) is 0 Å². The number of rotatable bonds is 3. The molecule has 114 valence electrons. The molecule has 0 bridgehead atoms. The number of amides is 1. The van der Waals surface area contributed by atoms with Crippen LogP contribution < -0.4 is 5.73 Å². The van der Waals surface area contributed by atoms with E-state index in [9.17, 15) is 18.0 Å². The van der Waals surface area contributed by atoms with Crippen molar-refractivity contribution in [2.45, 2.75) is 19.0 Å². The number of alkyl halides is 3. The van der Waals surface area contributed by atoms with Crippen LogP contribution >= 0.6 is 0 Å². The second-order valence-corrected chi connectivity index (χ2v) is 4.92. The van der Waals surface area contributed by atoms with Gasteiger partial charge in [-0.1, -0.05) is 24.3 Å². The summed E-state index contributed by atoms with van der Waals surface area (Å²) in [5, 5.41) is 0. The predicted molar refractivity (Wildman–Crippen MR) is 73.9 cm³/mol. The number of hydrogen-bond acceptors (Lipinski definition) is 2. The molecule has 0 aromatic heterocycles. The highest BCUT2D eigenvalue weighted by Gasteiger charge is 2.35. The molecule has 1 amide bonds. The van der Waals surface area contributed by atoms with Crippen LogP contribution in [0.1, 0.15) is 22.3 Å². The van der Waals surface area contributed by atoms with Gasteiger partial charge in [-0.3, -0.25) is 4.79 Å². The lowest BCUT2D eigenvalue weighted by Gasteiger charge is -2.28. The lowest BCUT2D eigenvalue weighted by molar-refractivity contribution is -0.0957. The topological polar surface area (TPSA) is 46.3 Å². The number of hydrogen-bond donors (Lipinski definition) is 1. The maximum Gasteiger partial charge on any atom is 0.412 e. The minimum Gasteiger partial charge on any atom is -0.335 e. The first-order valence-corrected chi connectivity index (χ1v) is 6.77. The van der Waals surface area contributed by atoms with Crippen molar-refractivity contribution < 1.29 is 18.0 Å². The van der Waals surface area contributed by atoms with Crippen molar-refractivity contribution in [3.05, 3.63) is 47.0 Å². The van der Waals surface area contributed by atoms with Crippen LogP contribution in [0.4, 0.5) is 13.2 Å². The summed E-state index contributed by atoms with van der Waals surface area (Å²) in [6, 6.07) is 7.07. The van der Waals surface area contributed by atoms with Gasteiger partial charge in [0, 0.05) is 24.2 Å². The zero-order chi connectivity index (χ0) is 15.5. The van der Waals surface area contributed by atoms with E-state index in [1.165, 1.54) is 4.90 Å². The van der Waals surface area contributed by atoms with Crippen molar-refractivity contribution in [1.82, 2.24) is 4.90 Å². The predicted octanol–water partition coefficient (Wildman–Crippen LogP) is 2.52. The summed E-state index contributed by atoms with van der Waals surface area (Å²) in [5.41, 5.74) is 6.31. The second kappa shape index (κ2) is 6.30. The monoisotopic (exact) mass is 298 g/mol. The molecule has 2 N–H and O–H groups in total. The maximum atomic E-state index is 12.6. The van der Waals surface area contributed by atoms with Crippen LogP contribution in [0.15, 0.2) is 35.9 Å². The average molecular weight is 298 g/mol. The van der Waals surface area contributed by atoms with Crippen LogP contribution in [0.3, 0.4) is 0 Å². The Bertz CT molecular complexity index is 552. The maximum absolute atomic E-state index is 12.6. The van der Waals surface area contributed by atoms with Gasteiger partial charge in [-0.05, 0) is 31.0 Å². The van der Waals surface area contributed by atoms with Crippen molar-refractivity contribution in [2.24, 2.45) is 5.73 Å². The highest BCUT2D eigenvalue weighted by molar-refractivity contribution is 5.96. The van der Waals surface area contributed by atoms with E-state index in [0.29, 0.717) is 18.5 Å². The standard InChI is InChI=1S/C15H17F3N2O/c16-15(17,18)12-6-9-20(10-7-12)14(21)13-4-2-1-3-11(13)5-8-19/h1-4,6H,5,7-10,19H2. The molecule has 3 nitrogen and oxygen atoms in total. The summed E-state index contributed by atoms with van der Waals surface area (Å²) in [5.74, 6) is -0.239. The van der Waals surface area contributed by atoms with Gasteiger partial charge in [0.15, 0.2) is 0 Å². The first-order valence-electron chi connectivity index (χ1n) is 6.77. The molecular weight excluding hydrogens is 281 g/mol. The summed E-state index contributed by atoms with van der Waals surface area (Å²) < 4.78 is 37.7. The molecule has 0 spiro atoms. The molecule has 6 heteroatoms. The fourth-order valence-corrected chi connectivity index (χ4v) is 2.38. The Morgan fingerprint density at radius 2 is 2.00 bits per heavy atom. The molecule has 1 heterocycles. The summed E-state index contributed by atoms with van der Waals surface area (Å²) in [7, 11) is 0. The number of nitrogens with zero attached hydrogens (tertiary/aromatic N) is 1. The molecule has 1 aromatic carbocycles. The number of nitrogens with two attached hydrogens (primary N) is 1. The van der Waals surface area contributed by atoms with Gasteiger partial charge in [0.25, 0.3) is 5.91 Å². The molecule has 1 aromatic rings. The van der Waals surface area contributed by atoms with Gasteiger partial charge in [-0.15, -0.1) is 0 Å². The molecule has 0 aliphatic carbocycles. The fourth-order valence-electron chi connectivity index (χ4n) is 2.38. The zero-order valence-corrected chi connectivity index (χ0v) is 11.5. The highest BCUT2D eigenvalue weighted by Crippen LogP contribution is 2.30. The van der Waals surface area contributed by atoms with Crippen LogP contribution in [0.25, 0.3) is 0 Å². The fraction of sp³-hybridized carbons (Fsp3) is 0.400. The summed E-state index contributed by atoms with van der Waals surface area (Å²) in [6.45, 7) is 0.494. The molecule has 0 radical (unpaired) electrons. The largest absolute Gasteiger partial charge is 0.412 e. The van der Waals surface area contributed by atoms with Crippen LogP contribution in [0, 0.1) is 0 Å². The van der Waals surface area contributed by atoms with Crippen molar-refractivity contribution in [2.75, 3.05) is 19.6 Å². The Balaban J connectivity index is 2.14. The van der Waals surface area contributed by atoms with E-state index in [1.54, 1.807) is 12.1 Å². The van der Waals surface area contributed by atoms with E-state index in [-0.39, 0.29) is 25.4 Å². The molecular formula is C15H17F3N2O. The third kappa shape index (κ3) is 3.64. The van der Waals surface area contributed by atoms with E-state index in [4.69, 9.17) is 5.73 Å². The first-order chi connectivity index (χ1) is 9.93. The van der Waals surface area contributed by atoms with E-state index < -0.39 is 11.7 Å². The average Bonchev–Trinajstić information content (AvgIpc) is 2.47. The summed E-state index contributed by atoms with van der Waals surface area (Å²) in [6.07, 6.45) is -2.80. The molecule has 0 atom stereocenters. The second-order valence-electron chi connectivity index (χ2n) is 4.92. The van der Waals surface area contributed by atoms with Gasteiger partial charge in [-0.25, -0.2) is 0 Å².